The fourth-order valence-corrected chi connectivity index (χ4v) is 2.36. The van der Waals surface area contributed by atoms with Gasteiger partial charge < -0.3 is 4.90 Å². The lowest BCUT2D eigenvalue weighted by Crippen LogP contribution is -2.29. The Hall–Kier alpha value is -0.570. The van der Waals surface area contributed by atoms with E-state index in [9.17, 15) is 4.39 Å². The van der Waals surface area contributed by atoms with E-state index >= 15 is 0 Å². The van der Waals surface area contributed by atoms with Crippen molar-refractivity contribution in [3.05, 3.63) is 29.6 Å². The molecule has 1 aromatic rings. The van der Waals surface area contributed by atoms with Crippen LogP contribution in [0, 0.1) is 11.7 Å². The van der Waals surface area contributed by atoms with Crippen molar-refractivity contribution >= 4 is 21.6 Å². The molecule has 0 aliphatic carbocycles. The summed E-state index contributed by atoms with van der Waals surface area (Å²) in [5.41, 5.74) is 1.78. The van der Waals surface area contributed by atoms with E-state index in [0.717, 1.165) is 30.8 Å². The molecule has 1 aromatic carbocycles. The van der Waals surface area contributed by atoms with Gasteiger partial charge in [0.25, 0.3) is 0 Å². The minimum Gasteiger partial charge on any atom is -0.369 e. The second-order valence-electron chi connectivity index (χ2n) is 4.43. The highest BCUT2D eigenvalue weighted by Gasteiger charge is 2.15. The first-order valence-corrected chi connectivity index (χ1v) is 7.34. The van der Waals surface area contributed by atoms with Crippen LogP contribution in [0.1, 0.15) is 32.8 Å². The lowest BCUT2D eigenvalue weighted by atomic mass is 10.1. The second-order valence-corrected chi connectivity index (χ2v) is 4.99. The molecule has 1 rings (SSSR count). The summed E-state index contributed by atoms with van der Waals surface area (Å²) < 4.78 is 14.0. The maximum absolute atomic E-state index is 14.0. The van der Waals surface area contributed by atoms with Crippen LogP contribution in [-0.2, 0) is 5.33 Å². The minimum atomic E-state index is -0.118. The Morgan fingerprint density at radius 3 is 2.59 bits per heavy atom. The summed E-state index contributed by atoms with van der Waals surface area (Å²) in [6, 6.07) is 5.29. The number of anilines is 1. The van der Waals surface area contributed by atoms with Crippen molar-refractivity contribution < 1.29 is 4.39 Å². The highest BCUT2D eigenvalue weighted by Crippen LogP contribution is 2.27. The Kier molecular flexibility index (Phi) is 5.96. The van der Waals surface area contributed by atoms with Gasteiger partial charge in [-0.2, -0.15) is 0 Å². The van der Waals surface area contributed by atoms with Crippen LogP contribution in [0.5, 0.6) is 0 Å². The second kappa shape index (κ2) is 7.00. The third-order valence-electron chi connectivity index (χ3n) is 3.14. The number of benzene rings is 1. The molecular weight excluding hydrogens is 281 g/mol. The van der Waals surface area contributed by atoms with E-state index in [1.807, 2.05) is 6.07 Å². The topological polar surface area (TPSA) is 3.24 Å². The summed E-state index contributed by atoms with van der Waals surface area (Å²) in [4.78, 5) is 2.14. The summed E-state index contributed by atoms with van der Waals surface area (Å²) in [5.74, 6) is 0.463. The van der Waals surface area contributed by atoms with Gasteiger partial charge >= 0.3 is 0 Å². The smallest absolute Gasteiger partial charge is 0.146 e. The maximum atomic E-state index is 14.0. The molecule has 0 saturated heterocycles. The molecule has 3 heteroatoms. The Bertz CT molecular complexity index is 354. The molecule has 0 spiro atoms. The van der Waals surface area contributed by atoms with Gasteiger partial charge in [0.2, 0.25) is 0 Å². The van der Waals surface area contributed by atoms with E-state index in [1.165, 1.54) is 0 Å². The molecule has 0 radical (unpaired) electrons. The average Bonchev–Trinajstić information content (AvgIpc) is 2.35. The van der Waals surface area contributed by atoms with Gasteiger partial charge in [0.1, 0.15) is 5.82 Å². The molecule has 1 atom stereocenters. The predicted octanol–water partition coefficient (Wildman–Crippen LogP) is 4.59. The number of nitrogens with zero attached hydrogens (tertiary/aromatic N) is 1. The summed E-state index contributed by atoms with van der Waals surface area (Å²) in [7, 11) is 0. The third kappa shape index (κ3) is 3.70. The summed E-state index contributed by atoms with van der Waals surface area (Å²) in [5, 5.41) is 0.692. The highest BCUT2D eigenvalue weighted by molar-refractivity contribution is 9.08. The Labute approximate surface area is 112 Å². The number of rotatable bonds is 6. The number of hydrogen-bond acceptors (Lipinski definition) is 1. The van der Waals surface area contributed by atoms with Gasteiger partial charge in [-0.25, -0.2) is 4.39 Å². The molecular formula is C14H21BrFN. The van der Waals surface area contributed by atoms with Crippen molar-refractivity contribution in [3.63, 3.8) is 0 Å². The van der Waals surface area contributed by atoms with Crippen molar-refractivity contribution in [1.29, 1.82) is 0 Å². The molecule has 17 heavy (non-hydrogen) atoms. The first-order chi connectivity index (χ1) is 8.13. The van der Waals surface area contributed by atoms with Gasteiger partial charge in [-0.3, -0.25) is 0 Å². The van der Waals surface area contributed by atoms with Crippen molar-refractivity contribution in [2.45, 2.75) is 32.5 Å². The molecule has 96 valence electrons. The molecule has 0 saturated carbocycles. The zero-order chi connectivity index (χ0) is 12.8. The van der Waals surface area contributed by atoms with Crippen LogP contribution in [0.25, 0.3) is 0 Å². The van der Waals surface area contributed by atoms with Gasteiger partial charge in [-0.05, 0) is 24.5 Å². The van der Waals surface area contributed by atoms with E-state index in [0.29, 0.717) is 11.2 Å². The largest absolute Gasteiger partial charge is 0.369 e. The number of hydrogen-bond donors (Lipinski definition) is 0. The van der Waals surface area contributed by atoms with E-state index in [2.05, 4.69) is 41.6 Å². The van der Waals surface area contributed by atoms with Gasteiger partial charge in [-0.15, -0.1) is 0 Å². The van der Waals surface area contributed by atoms with Gasteiger partial charge in [0, 0.05) is 18.4 Å². The Morgan fingerprint density at radius 2 is 2.06 bits per heavy atom. The third-order valence-corrected chi connectivity index (χ3v) is 3.75. The van der Waals surface area contributed by atoms with Crippen LogP contribution < -0.4 is 4.90 Å². The van der Waals surface area contributed by atoms with Crippen LogP contribution in [-0.4, -0.2) is 13.1 Å². The molecule has 1 nitrogen and oxygen atoms in total. The molecule has 1 unspecified atom stereocenters. The molecule has 0 aliphatic rings. The zero-order valence-corrected chi connectivity index (χ0v) is 12.4. The SMILES string of the molecule is CCC(C)CN(CC)c1c(F)cccc1CBr. The average molecular weight is 302 g/mol. The van der Waals surface area contributed by atoms with Gasteiger partial charge in [0.15, 0.2) is 0 Å². The standard InChI is InChI=1S/C14H21BrFN/c1-4-11(3)10-17(5-2)14-12(9-15)7-6-8-13(14)16/h6-8,11H,4-5,9-10H2,1-3H3. The maximum Gasteiger partial charge on any atom is 0.146 e. The molecule has 0 heterocycles. The lowest BCUT2D eigenvalue weighted by Gasteiger charge is -2.28. The van der Waals surface area contributed by atoms with Crippen LogP contribution in [0.3, 0.4) is 0 Å². The number of halogens is 2. The van der Waals surface area contributed by atoms with Crippen molar-refractivity contribution in [2.75, 3.05) is 18.0 Å². The lowest BCUT2D eigenvalue weighted by molar-refractivity contribution is 0.537. The van der Waals surface area contributed by atoms with Gasteiger partial charge in [-0.1, -0.05) is 48.3 Å². The Balaban J connectivity index is 3.02. The van der Waals surface area contributed by atoms with E-state index < -0.39 is 0 Å². The monoisotopic (exact) mass is 301 g/mol. The molecule has 0 bridgehead atoms. The molecule has 0 aliphatic heterocycles. The minimum absolute atomic E-state index is 0.118. The van der Waals surface area contributed by atoms with Gasteiger partial charge in [0.05, 0.1) is 5.69 Å². The molecule has 0 amide bonds. The summed E-state index contributed by atoms with van der Waals surface area (Å²) >= 11 is 3.43. The summed E-state index contributed by atoms with van der Waals surface area (Å²) in [6.45, 7) is 8.20. The van der Waals surface area contributed by atoms with Crippen LogP contribution in [0.4, 0.5) is 10.1 Å². The van der Waals surface area contributed by atoms with Crippen LogP contribution >= 0.6 is 15.9 Å². The van der Waals surface area contributed by atoms with Crippen molar-refractivity contribution in [2.24, 2.45) is 5.92 Å². The quantitative estimate of drug-likeness (QED) is 0.695. The van der Waals surface area contributed by atoms with E-state index in [4.69, 9.17) is 0 Å². The first-order valence-electron chi connectivity index (χ1n) is 6.22. The highest BCUT2D eigenvalue weighted by atomic mass is 79.9. The zero-order valence-electron chi connectivity index (χ0n) is 10.8. The van der Waals surface area contributed by atoms with Crippen LogP contribution in [0.2, 0.25) is 0 Å². The number of para-hydroxylation sites is 1. The van der Waals surface area contributed by atoms with E-state index in [-0.39, 0.29) is 5.82 Å². The molecule has 0 aromatic heterocycles. The summed E-state index contributed by atoms with van der Waals surface area (Å²) in [6.07, 6.45) is 1.12. The van der Waals surface area contributed by atoms with Crippen molar-refractivity contribution in [3.8, 4) is 0 Å². The fourth-order valence-electron chi connectivity index (χ4n) is 1.91. The molecule has 0 fully saturated rings. The Morgan fingerprint density at radius 1 is 1.35 bits per heavy atom. The van der Waals surface area contributed by atoms with E-state index in [1.54, 1.807) is 12.1 Å². The molecule has 0 N–H and O–H groups in total. The normalized spacial score (nSPS) is 12.5. The van der Waals surface area contributed by atoms with Crippen molar-refractivity contribution in [1.82, 2.24) is 0 Å². The number of alkyl halides is 1. The first kappa shape index (κ1) is 14.5. The predicted molar refractivity (Wildman–Crippen MR) is 76.4 cm³/mol. The van der Waals surface area contributed by atoms with Crippen LogP contribution in [0.15, 0.2) is 18.2 Å². The fraction of sp³-hybridized carbons (Fsp3) is 0.571.